The van der Waals surface area contributed by atoms with Crippen LogP contribution in [0.25, 0.3) is 0 Å². The van der Waals surface area contributed by atoms with E-state index in [4.69, 9.17) is 5.11 Å². The Labute approximate surface area is 81.4 Å². The molecule has 0 heterocycles. The average Bonchev–Trinajstić information content (AvgIpc) is 2.02. The fourth-order valence-electron chi connectivity index (χ4n) is 1.92. The van der Waals surface area contributed by atoms with E-state index in [1.165, 1.54) is 0 Å². The lowest BCUT2D eigenvalue weighted by Crippen LogP contribution is -2.47. The number of hydrogen-bond donors (Lipinski definition) is 2. The molecule has 1 atom stereocenters. The molecule has 0 fully saturated rings. The molecule has 13 heavy (non-hydrogen) atoms. The van der Waals surface area contributed by atoms with Crippen molar-refractivity contribution >= 4 is 0 Å². The second-order valence-corrected chi connectivity index (χ2v) is 3.98. The molecule has 1 unspecified atom stereocenters. The topological polar surface area (TPSA) is 43.7 Å². The zero-order chi connectivity index (χ0) is 10.4. The fraction of sp³-hybridized carbons (Fsp3) is 1.00. The summed E-state index contributed by atoms with van der Waals surface area (Å²) in [5, 5.41) is 18.0. The van der Waals surface area contributed by atoms with Crippen molar-refractivity contribution < 1.29 is 10.2 Å². The Bertz CT molecular complexity index is 118. The molecule has 0 saturated heterocycles. The summed E-state index contributed by atoms with van der Waals surface area (Å²) in [6.07, 6.45) is 0.646. The largest absolute Gasteiger partial charge is 0.396 e. The number of aliphatic hydroxyl groups excluding tert-OH is 2. The molecular weight excluding hydrogens is 166 g/mol. The first-order valence-electron chi connectivity index (χ1n) is 5.03. The van der Waals surface area contributed by atoms with Crippen molar-refractivity contribution in [1.82, 2.24) is 4.90 Å². The lowest BCUT2D eigenvalue weighted by molar-refractivity contribution is 0.0517. The zero-order valence-electron chi connectivity index (χ0n) is 9.20. The Morgan fingerprint density at radius 2 is 1.46 bits per heavy atom. The molecule has 0 bridgehead atoms. The van der Waals surface area contributed by atoms with Crippen LogP contribution in [-0.2, 0) is 0 Å². The van der Waals surface area contributed by atoms with Gasteiger partial charge in [-0.05, 0) is 34.1 Å². The Hall–Kier alpha value is -0.120. The Balaban J connectivity index is 4.30. The third-order valence-electron chi connectivity index (χ3n) is 2.29. The van der Waals surface area contributed by atoms with Crippen LogP contribution in [0.5, 0.6) is 0 Å². The number of rotatable bonds is 6. The van der Waals surface area contributed by atoms with Crippen molar-refractivity contribution in [3.05, 3.63) is 0 Å². The van der Waals surface area contributed by atoms with Gasteiger partial charge >= 0.3 is 0 Å². The molecular formula is C10H23NO2. The van der Waals surface area contributed by atoms with Gasteiger partial charge in [0, 0.05) is 24.7 Å². The van der Waals surface area contributed by atoms with Crippen LogP contribution in [-0.4, -0.2) is 46.5 Å². The van der Waals surface area contributed by atoms with Crippen molar-refractivity contribution in [2.75, 3.05) is 13.2 Å². The molecule has 0 aromatic heterocycles. The fourth-order valence-corrected chi connectivity index (χ4v) is 1.92. The zero-order valence-corrected chi connectivity index (χ0v) is 9.20. The molecule has 0 saturated carbocycles. The minimum absolute atomic E-state index is 0.0880. The maximum atomic E-state index is 9.17. The molecule has 80 valence electrons. The standard InChI is InChI=1S/C10H23NO2/c1-8(2)11(9(3)4)10(7-13)5-6-12/h8-10,12-13H,5-7H2,1-4H3. The van der Waals surface area contributed by atoms with E-state index in [1.807, 2.05) is 0 Å². The van der Waals surface area contributed by atoms with Crippen LogP contribution < -0.4 is 0 Å². The highest BCUT2D eigenvalue weighted by atomic mass is 16.3. The highest BCUT2D eigenvalue weighted by molar-refractivity contribution is 4.76. The summed E-state index contributed by atoms with van der Waals surface area (Å²) in [5.74, 6) is 0. The van der Waals surface area contributed by atoms with E-state index in [1.54, 1.807) is 0 Å². The molecule has 0 aromatic rings. The monoisotopic (exact) mass is 189 g/mol. The van der Waals surface area contributed by atoms with Crippen molar-refractivity contribution in [3.8, 4) is 0 Å². The van der Waals surface area contributed by atoms with E-state index in [0.717, 1.165) is 0 Å². The van der Waals surface area contributed by atoms with Crippen molar-refractivity contribution in [2.45, 2.75) is 52.2 Å². The summed E-state index contributed by atoms with van der Waals surface area (Å²) in [4.78, 5) is 2.23. The van der Waals surface area contributed by atoms with Gasteiger partial charge in [0.25, 0.3) is 0 Å². The lowest BCUT2D eigenvalue weighted by atomic mass is 10.1. The smallest absolute Gasteiger partial charge is 0.0587 e. The number of aliphatic hydroxyl groups is 2. The highest BCUT2D eigenvalue weighted by Gasteiger charge is 2.22. The second kappa shape index (κ2) is 6.35. The van der Waals surface area contributed by atoms with E-state index in [0.29, 0.717) is 18.5 Å². The summed E-state index contributed by atoms with van der Waals surface area (Å²) < 4.78 is 0. The molecule has 3 nitrogen and oxygen atoms in total. The van der Waals surface area contributed by atoms with Gasteiger partial charge in [0.1, 0.15) is 0 Å². The van der Waals surface area contributed by atoms with Gasteiger partial charge in [-0.1, -0.05) is 0 Å². The van der Waals surface area contributed by atoms with Crippen LogP contribution >= 0.6 is 0 Å². The van der Waals surface area contributed by atoms with Gasteiger partial charge < -0.3 is 10.2 Å². The van der Waals surface area contributed by atoms with Crippen molar-refractivity contribution in [3.63, 3.8) is 0 Å². The SMILES string of the molecule is CC(C)N(C(C)C)C(CO)CCO. The summed E-state index contributed by atoms with van der Waals surface area (Å²) in [7, 11) is 0. The normalized spacial score (nSPS) is 14.5. The lowest BCUT2D eigenvalue weighted by Gasteiger charge is -2.37. The van der Waals surface area contributed by atoms with Crippen LogP contribution in [0.3, 0.4) is 0 Å². The Morgan fingerprint density at radius 1 is 1.00 bits per heavy atom. The third kappa shape index (κ3) is 4.07. The van der Waals surface area contributed by atoms with Crippen LogP contribution in [0.2, 0.25) is 0 Å². The van der Waals surface area contributed by atoms with Gasteiger partial charge in [-0.25, -0.2) is 0 Å². The quantitative estimate of drug-likeness (QED) is 0.651. The van der Waals surface area contributed by atoms with Crippen molar-refractivity contribution in [2.24, 2.45) is 0 Å². The molecule has 0 aromatic carbocycles. The summed E-state index contributed by atoms with van der Waals surface area (Å²) in [6, 6.07) is 0.900. The van der Waals surface area contributed by atoms with Crippen LogP contribution in [0.1, 0.15) is 34.1 Å². The van der Waals surface area contributed by atoms with Gasteiger partial charge in [0.2, 0.25) is 0 Å². The molecule has 0 aliphatic carbocycles. The summed E-state index contributed by atoms with van der Waals surface area (Å²) in [5.41, 5.74) is 0. The van der Waals surface area contributed by atoms with E-state index >= 15 is 0 Å². The first-order valence-corrected chi connectivity index (χ1v) is 5.03. The third-order valence-corrected chi connectivity index (χ3v) is 2.29. The van der Waals surface area contributed by atoms with E-state index < -0.39 is 0 Å². The van der Waals surface area contributed by atoms with E-state index in [-0.39, 0.29) is 19.3 Å². The molecule has 2 N–H and O–H groups in total. The maximum absolute atomic E-state index is 9.17. The van der Waals surface area contributed by atoms with Gasteiger partial charge in [0.15, 0.2) is 0 Å². The minimum atomic E-state index is 0.0880. The molecule has 0 aliphatic heterocycles. The van der Waals surface area contributed by atoms with Gasteiger partial charge in [-0.3, -0.25) is 4.90 Å². The van der Waals surface area contributed by atoms with Gasteiger partial charge in [0.05, 0.1) is 6.61 Å². The second-order valence-electron chi connectivity index (χ2n) is 3.98. The van der Waals surface area contributed by atoms with Gasteiger partial charge in [-0.2, -0.15) is 0 Å². The van der Waals surface area contributed by atoms with Gasteiger partial charge in [-0.15, -0.1) is 0 Å². The van der Waals surface area contributed by atoms with E-state index in [2.05, 4.69) is 32.6 Å². The molecule has 0 spiro atoms. The van der Waals surface area contributed by atoms with E-state index in [9.17, 15) is 5.11 Å². The molecule has 0 amide bonds. The van der Waals surface area contributed by atoms with Crippen LogP contribution in [0.4, 0.5) is 0 Å². The van der Waals surface area contributed by atoms with Crippen LogP contribution in [0, 0.1) is 0 Å². The molecule has 0 rings (SSSR count). The Morgan fingerprint density at radius 3 is 1.69 bits per heavy atom. The first kappa shape index (κ1) is 12.9. The predicted molar refractivity (Wildman–Crippen MR) is 54.7 cm³/mol. The van der Waals surface area contributed by atoms with Crippen molar-refractivity contribution in [1.29, 1.82) is 0 Å². The predicted octanol–water partition coefficient (Wildman–Crippen LogP) is 0.848. The molecule has 0 aliphatic rings. The maximum Gasteiger partial charge on any atom is 0.0587 e. The molecule has 0 radical (unpaired) electrons. The number of nitrogens with zero attached hydrogens (tertiary/aromatic N) is 1. The summed E-state index contributed by atoms with van der Waals surface area (Å²) >= 11 is 0. The van der Waals surface area contributed by atoms with Crippen LogP contribution in [0.15, 0.2) is 0 Å². The number of hydrogen-bond acceptors (Lipinski definition) is 3. The average molecular weight is 189 g/mol. The minimum Gasteiger partial charge on any atom is -0.396 e. The summed E-state index contributed by atoms with van der Waals surface area (Å²) in [6.45, 7) is 8.71. The first-order chi connectivity index (χ1) is 6.04. The Kier molecular flexibility index (Phi) is 6.29. The highest BCUT2D eigenvalue weighted by Crippen LogP contribution is 2.12. The molecule has 3 heteroatoms.